The molecule has 142 valence electrons. The highest BCUT2D eigenvalue weighted by Gasteiger charge is 2.20. The maximum absolute atomic E-state index is 12.3. The summed E-state index contributed by atoms with van der Waals surface area (Å²) in [7, 11) is 0. The van der Waals surface area contributed by atoms with Gasteiger partial charge in [-0.15, -0.1) is 0 Å². The predicted octanol–water partition coefficient (Wildman–Crippen LogP) is 4.30. The van der Waals surface area contributed by atoms with Gasteiger partial charge < -0.3 is 15.1 Å². The third kappa shape index (κ3) is 4.73. The molecule has 1 fully saturated rings. The Morgan fingerprint density at radius 1 is 0.963 bits per heavy atom. The second kappa shape index (κ2) is 8.63. The Morgan fingerprint density at radius 2 is 1.63 bits per heavy atom. The maximum atomic E-state index is 12.3. The van der Waals surface area contributed by atoms with Crippen LogP contribution in [0.25, 0.3) is 0 Å². The van der Waals surface area contributed by atoms with E-state index in [4.69, 9.17) is 23.2 Å². The van der Waals surface area contributed by atoms with Gasteiger partial charge in [-0.3, -0.25) is 9.59 Å². The van der Waals surface area contributed by atoms with Crippen LogP contribution in [-0.4, -0.2) is 42.9 Å². The molecule has 0 unspecified atom stereocenters. The van der Waals surface area contributed by atoms with Gasteiger partial charge in [0.05, 0.1) is 10.0 Å². The number of carbonyl (C=O) groups is 2. The Kier molecular flexibility index (Phi) is 6.24. The number of nitrogens with zero attached hydrogens (tertiary/aromatic N) is 2. The van der Waals surface area contributed by atoms with Crippen LogP contribution < -0.4 is 10.2 Å². The van der Waals surface area contributed by atoms with Crippen molar-refractivity contribution in [2.45, 2.75) is 13.3 Å². The van der Waals surface area contributed by atoms with Crippen molar-refractivity contribution in [1.82, 2.24) is 4.90 Å². The Balaban J connectivity index is 1.60. The van der Waals surface area contributed by atoms with Crippen LogP contribution in [0.1, 0.15) is 23.7 Å². The van der Waals surface area contributed by atoms with Crippen molar-refractivity contribution in [1.29, 1.82) is 0 Å². The molecule has 0 aromatic heterocycles. The lowest BCUT2D eigenvalue weighted by Crippen LogP contribution is -2.48. The number of nitrogens with one attached hydrogen (secondary N) is 1. The van der Waals surface area contributed by atoms with E-state index in [-0.39, 0.29) is 11.8 Å². The first-order chi connectivity index (χ1) is 13.0. The monoisotopic (exact) mass is 405 g/mol. The van der Waals surface area contributed by atoms with Gasteiger partial charge >= 0.3 is 0 Å². The van der Waals surface area contributed by atoms with Crippen LogP contribution in [0.4, 0.5) is 11.4 Å². The second-order valence-corrected chi connectivity index (χ2v) is 7.17. The van der Waals surface area contributed by atoms with E-state index in [0.29, 0.717) is 27.7 Å². The van der Waals surface area contributed by atoms with Crippen LogP contribution in [0.15, 0.2) is 42.5 Å². The van der Waals surface area contributed by atoms with Gasteiger partial charge in [0.2, 0.25) is 5.91 Å². The average Bonchev–Trinajstić information content (AvgIpc) is 2.70. The van der Waals surface area contributed by atoms with Gasteiger partial charge in [0, 0.05) is 49.5 Å². The van der Waals surface area contributed by atoms with Gasteiger partial charge in [0.1, 0.15) is 0 Å². The molecule has 7 heteroatoms. The number of piperazine rings is 1. The molecule has 3 rings (SSSR count). The minimum Gasteiger partial charge on any atom is -0.368 e. The molecule has 1 N–H and O–H groups in total. The van der Waals surface area contributed by atoms with Crippen molar-refractivity contribution < 1.29 is 9.59 Å². The second-order valence-electron chi connectivity index (χ2n) is 6.35. The first-order valence-corrected chi connectivity index (χ1v) is 9.62. The Labute approximate surface area is 168 Å². The van der Waals surface area contributed by atoms with Crippen LogP contribution in [0.2, 0.25) is 10.0 Å². The van der Waals surface area contributed by atoms with E-state index in [9.17, 15) is 9.59 Å². The lowest BCUT2D eigenvalue weighted by Gasteiger charge is -2.36. The minimum atomic E-state index is -0.243. The molecule has 0 saturated carbocycles. The summed E-state index contributed by atoms with van der Waals surface area (Å²) in [6.45, 7) is 4.98. The molecule has 0 bridgehead atoms. The molecule has 1 aliphatic heterocycles. The number of hydrogen-bond donors (Lipinski definition) is 1. The summed E-state index contributed by atoms with van der Waals surface area (Å²) < 4.78 is 0. The van der Waals surface area contributed by atoms with Crippen LogP contribution >= 0.6 is 23.2 Å². The number of hydrogen-bond acceptors (Lipinski definition) is 3. The van der Waals surface area contributed by atoms with Crippen LogP contribution in [0.5, 0.6) is 0 Å². The van der Waals surface area contributed by atoms with Crippen molar-refractivity contribution in [3.8, 4) is 0 Å². The number of amides is 2. The normalized spacial score (nSPS) is 14.2. The quantitative estimate of drug-likeness (QED) is 0.824. The van der Waals surface area contributed by atoms with Gasteiger partial charge in [0.25, 0.3) is 5.91 Å². The fraction of sp³-hybridized carbons (Fsp3) is 0.300. The van der Waals surface area contributed by atoms with E-state index in [1.165, 1.54) is 0 Å². The SMILES string of the molecule is CCC(=O)N1CCN(c2ccc(NC(=O)c3ccc(Cl)c(Cl)c3)cc2)CC1. The average molecular weight is 406 g/mol. The zero-order valence-corrected chi connectivity index (χ0v) is 16.6. The van der Waals surface area contributed by atoms with E-state index in [1.807, 2.05) is 36.1 Å². The first-order valence-electron chi connectivity index (χ1n) is 8.87. The summed E-state index contributed by atoms with van der Waals surface area (Å²) in [6, 6.07) is 12.5. The molecule has 1 heterocycles. The third-order valence-corrected chi connectivity index (χ3v) is 5.35. The van der Waals surface area contributed by atoms with Gasteiger partial charge in [-0.25, -0.2) is 0 Å². The highest BCUT2D eigenvalue weighted by molar-refractivity contribution is 6.42. The molecule has 1 aliphatic rings. The highest BCUT2D eigenvalue weighted by atomic mass is 35.5. The van der Waals surface area contributed by atoms with E-state index < -0.39 is 0 Å². The summed E-state index contributed by atoms with van der Waals surface area (Å²) in [5.74, 6) is -0.0389. The fourth-order valence-corrected chi connectivity index (χ4v) is 3.33. The Morgan fingerprint density at radius 3 is 2.22 bits per heavy atom. The summed E-state index contributed by atoms with van der Waals surface area (Å²) in [5.41, 5.74) is 2.23. The molecule has 0 spiro atoms. The molecule has 2 amide bonds. The summed E-state index contributed by atoms with van der Waals surface area (Å²) in [6.07, 6.45) is 0.549. The zero-order valence-electron chi connectivity index (χ0n) is 15.0. The number of halogens is 2. The molecule has 27 heavy (non-hydrogen) atoms. The van der Waals surface area contributed by atoms with Gasteiger partial charge in [-0.1, -0.05) is 30.1 Å². The molecular weight excluding hydrogens is 385 g/mol. The van der Waals surface area contributed by atoms with Crippen molar-refractivity contribution in [2.75, 3.05) is 36.4 Å². The van der Waals surface area contributed by atoms with Crippen LogP contribution in [-0.2, 0) is 4.79 Å². The molecular formula is C20H21Cl2N3O2. The molecule has 0 aliphatic carbocycles. The topological polar surface area (TPSA) is 52.7 Å². The smallest absolute Gasteiger partial charge is 0.255 e. The molecule has 0 radical (unpaired) electrons. The van der Waals surface area contributed by atoms with Gasteiger partial charge in [0.15, 0.2) is 0 Å². The summed E-state index contributed by atoms with van der Waals surface area (Å²) in [4.78, 5) is 28.2. The Bertz CT molecular complexity index is 832. The molecule has 2 aromatic carbocycles. The summed E-state index contributed by atoms with van der Waals surface area (Å²) in [5, 5.41) is 3.62. The first kappa shape index (κ1) is 19.5. The van der Waals surface area contributed by atoms with E-state index in [2.05, 4.69) is 10.2 Å². The largest absolute Gasteiger partial charge is 0.368 e. The van der Waals surface area contributed by atoms with E-state index in [0.717, 1.165) is 31.9 Å². The molecule has 5 nitrogen and oxygen atoms in total. The Hall–Kier alpha value is -2.24. The zero-order chi connectivity index (χ0) is 19.4. The number of rotatable bonds is 4. The number of anilines is 2. The lowest BCUT2D eigenvalue weighted by molar-refractivity contribution is -0.131. The van der Waals surface area contributed by atoms with Crippen molar-refractivity contribution in [2.24, 2.45) is 0 Å². The fourth-order valence-electron chi connectivity index (χ4n) is 3.03. The predicted molar refractivity (Wildman–Crippen MR) is 110 cm³/mol. The standard InChI is InChI=1S/C20H21Cl2N3O2/c1-2-19(26)25-11-9-24(10-12-25)16-6-4-15(5-7-16)23-20(27)14-3-8-17(21)18(22)13-14/h3-8,13H,2,9-12H2,1H3,(H,23,27). The lowest BCUT2D eigenvalue weighted by atomic mass is 10.2. The van der Waals surface area contributed by atoms with E-state index in [1.54, 1.807) is 18.2 Å². The van der Waals surface area contributed by atoms with Crippen molar-refractivity contribution in [3.63, 3.8) is 0 Å². The summed E-state index contributed by atoms with van der Waals surface area (Å²) >= 11 is 11.8. The van der Waals surface area contributed by atoms with Crippen molar-refractivity contribution >= 4 is 46.4 Å². The number of benzene rings is 2. The molecule has 1 saturated heterocycles. The maximum Gasteiger partial charge on any atom is 0.255 e. The van der Waals surface area contributed by atoms with E-state index >= 15 is 0 Å². The highest BCUT2D eigenvalue weighted by Crippen LogP contribution is 2.24. The van der Waals surface area contributed by atoms with Gasteiger partial charge in [-0.05, 0) is 42.5 Å². The van der Waals surface area contributed by atoms with Crippen LogP contribution in [0.3, 0.4) is 0 Å². The van der Waals surface area contributed by atoms with Gasteiger partial charge in [-0.2, -0.15) is 0 Å². The van der Waals surface area contributed by atoms with Crippen molar-refractivity contribution in [3.05, 3.63) is 58.1 Å². The number of carbonyl (C=O) groups excluding carboxylic acids is 2. The minimum absolute atomic E-state index is 0.204. The molecule has 2 aromatic rings. The van der Waals surface area contributed by atoms with Crippen LogP contribution in [0, 0.1) is 0 Å². The third-order valence-electron chi connectivity index (χ3n) is 4.61. The molecule has 0 atom stereocenters.